The number of hydrogen-bond donors (Lipinski definition) is 2. The summed E-state index contributed by atoms with van der Waals surface area (Å²) in [4.78, 5) is 20.2. The topological polar surface area (TPSA) is 90.1 Å². The number of nitrogen functional groups attached to an aromatic ring is 1. The normalized spacial score (nSPS) is 12.0. The molecule has 1 amide bonds. The van der Waals surface area contributed by atoms with E-state index in [0.717, 1.165) is 11.3 Å². The second kappa shape index (κ2) is 6.89. The number of nitrogens with one attached hydrogen (secondary N) is 1. The SMILES string of the molecule is COc1ccc(C(NC(=O)c2nccnc2N)C(C)C)cc1. The third kappa shape index (κ3) is 3.52. The molecule has 22 heavy (non-hydrogen) atoms. The van der Waals surface area contributed by atoms with Gasteiger partial charge in [0.05, 0.1) is 13.2 Å². The van der Waals surface area contributed by atoms with E-state index in [9.17, 15) is 4.79 Å². The highest BCUT2D eigenvalue weighted by atomic mass is 16.5. The third-order valence-electron chi connectivity index (χ3n) is 3.37. The van der Waals surface area contributed by atoms with E-state index >= 15 is 0 Å². The molecule has 0 fully saturated rings. The largest absolute Gasteiger partial charge is 0.497 e. The summed E-state index contributed by atoms with van der Waals surface area (Å²) in [5, 5.41) is 2.97. The first-order valence-corrected chi connectivity index (χ1v) is 7.04. The Morgan fingerprint density at radius 1 is 1.18 bits per heavy atom. The Hall–Kier alpha value is -2.63. The number of methoxy groups -OCH3 is 1. The highest BCUT2D eigenvalue weighted by Crippen LogP contribution is 2.24. The van der Waals surface area contributed by atoms with Gasteiger partial charge in [0.1, 0.15) is 5.75 Å². The summed E-state index contributed by atoms with van der Waals surface area (Å²) in [5.41, 5.74) is 6.83. The summed E-state index contributed by atoms with van der Waals surface area (Å²) in [6.45, 7) is 4.07. The molecule has 1 heterocycles. The Bertz CT molecular complexity index is 641. The van der Waals surface area contributed by atoms with Crippen molar-refractivity contribution >= 4 is 11.7 Å². The van der Waals surface area contributed by atoms with Gasteiger partial charge in [-0.15, -0.1) is 0 Å². The number of benzene rings is 1. The fourth-order valence-corrected chi connectivity index (χ4v) is 2.18. The second-order valence-electron chi connectivity index (χ2n) is 5.26. The summed E-state index contributed by atoms with van der Waals surface area (Å²) in [5.74, 6) is 0.767. The maximum Gasteiger partial charge on any atom is 0.274 e. The van der Waals surface area contributed by atoms with Crippen molar-refractivity contribution in [2.75, 3.05) is 12.8 Å². The zero-order valence-electron chi connectivity index (χ0n) is 12.9. The second-order valence-corrected chi connectivity index (χ2v) is 5.26. The van der Waals surface area contributed by atoms with Crippen LogP contribution in [0.15, 0.2) is 36.7 Å². The molecule has 0 saturated carbocycles. The number of anilines is 1. The number of hydrogen-bond acceptors (Lipinski definition) is 5. The van der Waals surface area contributed by atoms with Crippen molar-refractivity contribution in [3.8, 4) is 5.75 Å². The van der Waals surface area contributed by atoms with Gasteiger partial charge in [-0.3, -0.25) is 4.79 Å². The Morgan fingerprint density at radius 3 is 2.36 bits per heavy atom. The lowest BCUT2D eigenvalue weighted by Gasteiger charge is -2.23. The van der Waals surface area contributed by atoms with Gasteiger partial charge in [0, 0.05) is 12.4 Å². The first-order chi connectivity index (χ1) is 10.5. The van der Waals surface area contributed by atoms with E-state index in [0.29, 0.717) is 0 Å². The first-order valence-electron chi connectivity index (χ1n) is 7.04. The molecule has 6 heteroatoms. The molecule has 1 atom stereocenters. The molecule has 0 saturated heterocycles. The van der Waals surface area contributed by atoms with E-state index in [-0.39, 0.29) is 29.4 Å². The number of rotatable bonds is 5. The number of amides is 1. The lowest BCUT2D eigenvalue weighted by atomic mass is 9.95. The Labute approximate surface area is 129 Å². The van der Waals surface area contributed by atoms with Gasteiger partial charge in [-0.05, 0) is 23.6 Å². The van der Waals surface area contributed by atoms with Crippen LogP contribution in [0.2, 0.25) is 0 Å². The van der Waals surface area contributed by atoms with Gasteiger partial charge in [-0.2, -0.15) is 0 Å². The van der Waals surface area contributed by atoms with Crippen molar-refractivity contribution in [3.05, 3.63) is 47.9 Å². The number of ether oxygens (including phenoxy) is 1. The molecule has 2 aromatic rings. The highest BCUT2D eigenvalue weighted by Gasteiger charge is 2.21. The van der Waals surface area contributed by atoms with Crippen molar-refractivity contribution in [2.24, 2.45) is 5.92 Å². The summed E-state index contributed by atoms with van der Waals surface area (Å²) in [7, 11) is 1.62. The molecule has 6 nitrogen and oxygen atoms in total. The molecule has 1 aromatic carbocycles. The first kappa shape index (κ1) is 15.8. The fraction of sp³-hybridized carbons (Fsp3) is 0.312. The average molecular weight is 300 g/mol. The van der Waals surface area contributed by atoms with Gasteiger partial charge in [-0.25, -0.2) is 9.97 Å². The van der Waals surface area contributed by atoms with E-state index in [1.807, 2.05) is 38.1 Å². The Kier molecular flexibility index (Phi) is 4.93. The van der Waals surface area contributed by atoms with Gasteiger partial charge in [0.2, 0.25) is 0 Å². The van der Waals surface area contributed by atoms with Crippen LogP contribution in [0.5, 0.6) is 5.75 Å². The van der Waals surface area contributed by atoms with E-state index in [1.54, 1.807) is 7.11 Å². The summed E-state index contributed by atoms with van der Waals surface area (Å²) in [6, 6.07) is 7.45. The highest BCUT2D eigenvalue weighted by molar-refractivity contribution is 5.96. The number of nitrogens with zero attached hydrogens (tertiary/aromatic N) is 2. The molecule has 0 aliphatic rings. The van der Waals surface area contributed by atoms with Gasteiger partial charge in [-0.1, -0.05) is 26.0 Å². The molecular formula is C16H20N4O2. The zero-order chi connectivity index (χ0) is 16.1. The minimum atomic E-state index is -0.333. The molecule has 0 radical (unpaired) electrons. The summed E-state index contributed by atoms with van der Waals surface area (Å²) in [6.07, 6.45) is 2.90. The molecule has 1 aromatic heterocycles. The van der Waals surface area contributed by atoms with Crippen molar-refractivity contribution < 1.29 is 9.53 Å². The summed E-state index contributed by atoms with van der Waals surface area (Å²) < 4.78 is 5.15. The molecule has 3 N–H and O–H groups in total. The van der Waals surface area contributed by atoms with Gasteiger partial charge >= 0.3 is 0 Å². The average Bonchev–Trinajstić information content (AvgIpc) is 2.52. The molecule has 0 aliphatic heterocycles. The molecule has 0 bridgehead atoms. The quantitative estimate of drug-likeness (QED) is 0.883. The molecule has 2 rings (SSSR count). The van der Waals surface area contributed by atoms with Crippen LogP contribution in [-0.4, -0.2) is 23.0 Å². The number of carbonyl (C=O) groups is 1. The number of carbonyl (C=O) groups excluding carboxylic acids is 1. The van der Waals surface area contributed by atoms with Crippen molar-refractivity contribution in [2.45, 2.75) is 19.9 Å². The lowest BCUT2D eigenvalue weighted by Crippen LogP contribution is -2.33. The van der Waals surface area contributed by atoms with Crippen LogP contribution in [-0.2, 0) is 0 Å². The van der Waals surface area contributed by atoms with E-state index < -0.39 is 0 Å². The molecule has 0 aliphatic carbocycles. The van der Waals surface area contributed by atoms with Crippen LogP contribution in [0.3, 0.4) is 0 Å². The van der Waals surface area contributed by atoms with E-state index in [1.165, 1.54) is 12.4 Å². The van der Waals surface area contributed by atoms with Crippen LogP contribution < -0.4 is 15.8 Å². The smallest absolute Gasteiger partial charge is 0.274 e. The number of aromatic nitrogens is 2. The Morgan fingerprint density at radius 2 is 1.82 bits per heavy atom. The van der Waals surface area contributed by atoms with Crippen LogP contribution in [0.4, 0.5) is 5.82 Å². The predicted octanol–water partition coefficient (Wildman–Crippen LogP) is 2.19. The van der Waals surface area contributed by atoms with Gasteiger partial charge in [0.15, 0.2) is 11.5 Å². The molecule has 0 spiro atoms. The van der Waals surface area contributed by atoms with Crippen molar-refractivity contribution in [1.29, 1.82) is 0 Å². The van der Waals surface area contributed by atoms with E-state index in [4.69, 9.17) is 10.5 Å². The lowest BCUT2D eigenvalue weighted by molar-refractivity contribution is 0.0921. The van der Waals surface area contributed by atoms with Crippen LogP contribution in [0.25, 0.3) is 0 Å². The number of nitrogens with two attached hydrogens (primary N) is 1. The van der Waals surface area contributed by atoms with Crippen LogP contribution in [0.1, 0.15) is 35.9 Å². The standard InChI is InChI=1S/C16H20N4O2/c1-10(2)13(11-4-6-12(22-3)7-5-11)20-16(21)14-15(17)19-9-8-18-14/h4-10,13H,1-3H3,(H2,17,19)(H,20,21). The van der Waals surface area contributed by atoms with E-state index in [2.05, 4.69) is 15.3 Å². The maximum atomic E-state index is 12.4. The maximum absolute atomic E-state index is 12.4. The Balaban J connectivity index is 2.21. The molecule has 1 unspecified atom stereocenters. The zero-order valence-corrected chi connectivity index (χ0v) is 12.9. The van der Waals surface area contributed by atoms with Crippen LogP contribution >= 0.6 is 0 Å². The van der Waals surface area contributed by atoms with Gasteiger partial charge in [0.25, 0.3) is 5.91 Å². The molecular weight excluding hydrogens is 280 g/mol. The molecule has 116 valence electrons. The van der Waals surface area contributed by atoms with Crippen molar-refractivity contribution in [3.63, 3.8) is 0 Å². The van der Waals surface area contributed by atoms with Crippen LogP contribution in [0, 0.1) is 5.92 Å². The predicted molar refractivity (Wildman–Crippen MR) is 84.5 cm³/mol. The third-order valence-corrected chi connectivity index (χ3v) is 3.37. The van der Waals surface area contributed by atoms with Crippen molar-refractivity contribution in [1.82, 2.24) is 15.3 Å². The minimum Gasteiger partial charge on any atom is -0.497 e. The fourth-order valence-electron chi connectivity index (χ4n) is 2.18. The summed E-state index contributed by atoms with van der Waals surface area (Å²) >= 11 is 0. The monoisotopic (exact) mass is 300 g/mol. The van der Waals surface area contributed by atoms with Gasteiger partial charge < -0.3 is 15.8 Å². The minimum absolute atomic E-state index is 0.122.